The molecule has 4 nitrogen and oxygen atoms in total. The predicted molar refractivity (Wildman–Crippen MR) is 108 cm³/mol. The Morgan fingerprint density at radius 1 is 1.04 bits per heavy atom. The summed E-state index contributed by atoms with van der Waals surface area (Å²) < 4.78 is 23.3. The van der Waals surface area contributed by atoms with Crippen LogP contribution in [0.25, 0.3) is 0 Å². The number of nitrogens with one attached hydrogen (secondary N) is 1. The van der Waals surface area contributed by atoms with Gasteiger partial charge < -0.3 is 5.32 Å². The van der Waals surface area contributed by atoms with Crippen LogP contribution in [-0.4, -0.2) is 44.0 Å². The average molecular weight is 379 g/mol. The molecule has 0 bridgehead atoms. The Morgan fingerprint density at radius 3 is 2.31 bits per heavy atom. The molecule has 0 aliphatic carbocycles. The van der Waals surface area contributed by atoms with E-state index in [0.29, 0.717) is 23.5 Å². The predicted octanol–water partition coefficient (Wildman–Crippen LogP) is 3.37. The van der Waals surface area contributed by atoms with Gasteiger partial charge in [-0.3, -0.25) is 4.90 Å². The SMILES string of the molecule is CC(NCc1ccccc1CN1CCCCCC1)C1CCS(=O)(=O)CC1. The van der Waals surface area contributed by atoms with Gasteiger partial charge in [0.25, 0.3) is 0 Å². The highest BCUT2D eigenvalue weighted by Gasteiger charge is 2.27. The number of hydrogen-bond donors (Lipinski definition) is 1. The van der Waals surface area contributed by atoms with Crippen molar-refractivity contribution in [2.75, 3.05) is 24.6 Å². The van der Waals surface area contributed by atoms with Crippen molar-refractivity contribution in [1.82, 2.24) is 10.2 Å². The zero-order chi connectivity index (χ0) is 18.4. The van der Waals surface area contributed by atoms with Crippen LogP contribution in [0.3, 0.4) is 0 Å². The van der Waals surface area contributed by atoms with Crippen molar-refractivity contribution in [3.8, 4) is 0 Å². The summed E-state index contributed by atoms with van der Waals surface area (Å²) in [5, 5.41) is 3.67. The van der Waals surface area contributed by atoms with Gasteiger partial charge in [-0.15, -0.1) is 0 Å². The Morgan fingerprint density at radius 2 is 1.65 bits per heavy atom. The molecule has 2 saturated heterocycles. The molecule has 1 N–H and O–H groups in total. The molecular weight excluding hydrogens is 344 g/mol. The minimum atomic E-state index is -2.78. The Hall–Kier alpha value is -0.910. The highest BCUT2D eigenvalue weighted by atomic mass is 32.2. The molecule has 1 aromatic carbocycles. The van der Waals surface area contributed by atoms with E-state index in [4.69, 9.17) is 0 Å². The quantitative estimate of drug-likeness (QED) is 0.825. The lowest BCUT2D eigenvalue weighted by molar-refractivity contribution is 0.275. The largest absolute Gasteiger partial charge is 0.310 e. The van der Waals surface area contributed by atoms with Crippen LogP contribution in [0.4, 0.5) is 0 Å². The fraction of sp³-hybridized carbons (Fsp3) is 0.714. The van der Waals surface area contributed by atoms with Gasteiger partial charge in [-0.2, -0.15) is 0 Å². The van der Waals surface area contributed by atoms with E-state index < -0.39 is 9.84 Å². The van der Waals surface area contributed by atoms with E-state index in [-0.39, 0.29) is 0 Å². The second kappa shape index (κ2) is 9.34. The number of likely N-dealkylation sites (tertiary alicyclic amines) is 1. The first-order valence-corrected chi connectivity index (χ1v) is 12.1. The third-order valence-corrected chi connectivity index (χ3v) is 7.85. The summed E-state index contributed by atoms with van der Waals surface area (Å²) in [4.78, 5) is 2.60. The summed E-state index contributed by atoms with van der Waals surface area (Å²) in [7, 11) is -2.78. The molecular formula is C21H34N2O2S. The molecule has 5 heteroatoms. The van der Waals surface area contributed by atoms with Crippen LogP contribution in [0.2, 0.25) is 0 Å². The Balaban J connectivity index is 1.54. The molecule has 2 aliphatic rings. The molecule has 3 rings (SSSR count). The van der Waals surface area contributed by atoms with Crippen LogP contribution >= 0.6 is 0 Å². The summed E-state index contributed by atoms with van der Waals surface area (Å²) in [5.74, 6) is 1.18. The third-order valence-electron chi connectivity index (χ3n) is 6.13. The number of benzene rings is 1. The smallest absolute Gasteiger partial charge is 0.150 e. The van der Waals surface area contributed by atoms with Crippen molar-refractivity contribution in [3.63, 3.8) is 0 Å². The van der Waals surface area contributed by atoms with Gasteiger partial charge in [0.05, 0.1) is 11.5 Å². The monoisotopic (exact) mass is 378 g/mol. The van der Waals surface area contributed by atoms with Crippen molar-refractivity contribution >= 4 is 9.84 Å². The molecule has 0 aromatic heterocycles. The van der Waals surface area contributed by atoms with Crippen molar-refractivity contribution in [3.05, 3.63) is 35.4 Å². The molecule has 1 atom stereocenters. The minimum Gasteiger partial charge on any atom is -0.310 e. The average Bonchev–Trinajstić information content (AvgIpc) is 2.89. The van der Waals surface area contributed by atoms with Crippen LogP contribution in [0.1, 0.15) is 56.6 Å². The van der Waals surface area contributed by atoms with E-state index >= 15 is 0 Å². The van der Waals surface area contributed by atoms with Gasteiger partial charge in [-0.05, 0) is 62.7 Å². The summed E-state index contributed by atoms with van der Waals surface area (Å²) in [6.07, 6.45) is 6.98. The molecule has 2 aliphatic heterocycles. The van der Waals surface area contributed by atoms with Crippen LogP contribution < -0.4 is 5.32 Å². The zero-order valence-corrected chi connectivity index (χ0v) is 16.9. The van der Waals surface area contributed by atoms with Gasteiger partial charge in [0.15, 0.2) is 0 Å². The minimum absolute atomic E-state index is 0.356. The summed E-state index contributed by atoms with van der Waals surface area (Å²) in [6.45, 7) is 6.56. The summed E-state index contributed by atoms with van der Waals surface area (Å²) in [6, 6.07) is 9.13. The summed E-state index contributed by atoms with van der Waals surface area (Å²) in [5.41, 5.74) is 2.81. The number of nitrogens with zero attached hydrogens (tertiary/aromatic N) is 1. The van der Waals surface area contributed by atoms with E-state index in [2.05, 4.69) is 41.4 Å². The maximum absolute atomic E-state index is 11.6. The molecule has 1 unspecified atom stereocenters. The van der Waals surface area contributed by atoms with Gasteiger partial charge >= 0.3 is 0 Å². The maximum Gasteiger partial charge on any atom is 0.150 e. The van der Waals surface area contributed by atoms with E-state index in [9.17, 15) is 8.42 Å². The zero-order valence-electron chi connectivity index (χ0n) is 16.1. The molecule has 0 saturated carbocycles. The molecule has 146 valence electrons. The summed E-state index contributed by atoms with van der Waals surface area (Å²) >= 11 is 0. The topological polar surface area (TPSA) is 49.4 Å². The third kappa shape index (κ3) is 5.80. The standard InChI is InChI=1S/C21H34N2O2S/c1-18(19-10-14-26(24,25)15-11-19)22-16-20-8-4-5-9-21(20)17-23-12-6-2-3-7-13-23/h4-5,8-9,18-19,22H,2-3,6-7,10-17H2,1H3. The van der Waals surface area contributed by atoms with Gasteiger partial charge in [-0.25, -0.2) is 8.42 Å². The molecule has 2 heterocycles. The molecule has 26 heavy (non-hydrogen) atoms. The lowest BCUT2D eigenvalue weighted by Crippen LogP contribution is -2.38. The van der Waals surface area contributed by atoms with E-state index in [1.807, 2.05) is 0 Å². The van der Waals surface area contributed by atoms with Crippen LogP contribution in [-0.2, 0) is 22.9 Å². The van der Waals surface area contributed by atoms with E-state index in [1.54, 1.807) is 0 Å². The van der Waals surface area contributed by atoms with Crippen LogP contribution in [0.5, 0.6) is 0 Å². The maximum atomic E-state index is 11.6. The lowest BCUT2D eigenvalue weighted by atomic mass is 9.94. The second-order valence-corrected chi connectivity index (χ2v) is 10.4. The van der Waals surface area contributed by atoms with Gasteiger partial charge in [0.1, 0.15) is 9.84 Å². The van der Waals surface area contributed by atoms with Gasteiger partial charge in [-0.1, -0.05) is 37.1 Å². The van der Waals surface area contributed by atoms with Crippen LogP contribution in [0.15, 0.2) is 24.3 Å². The Labute approximate surface area is 159 Å². The van der Waals surface area contributed by atoms with E-state index in [0.717, 1.165) is 25.9 Å². The lowest BCUT2D eigenvalue weighted by Gasteiger charge is -2.29. The molecule has 2 fully saturated rings. The fourth-order valence-electron chi connectivity index (χ4n) is 4.27. The van der Waals surface area contributed by atoms with Gasteiger partial charge in [0, 0.05) is 19.1 Å². The number of rotatable bonds is 6. The fourth-order valence-corrected chi connectivity index (χ4v) is 5.79. The normalized spacial score (nSPS) is 23.4. The first-order valence-electron chi connectivity index (χ1n) is 10.3. The first-order chi connectivity index (χ1) is 12.5. The van der Waals surface area contributed by atoms with E-state index in [1.165, 1.54) is 49.9 Å². The molecule has 1 aromatic rings. The van der Waals surface area contributed by atoms with Crippen molar-refractivity contribution in [2.45, 2.75) is 64.6 Å². The Kier molecular flexibility index (Phi) is 7.12. The van der Waals surface area contributed by atoms with Crippen molar-refractivity contribution in [1.29, 1.82) is 0 Å². The van der Waals surface area contributed by atoms with Gasteiger partial charge in [0.2, 0.25) is 0 Å². The molecule has 0 spiro atoms. The Bertz CT molecular complexity index is 652. The van der Waals surface area contributed by atoms with Crippen molar-refractivity contribution < 1.29 is 8.42 Å². The molecule has 0 amide bonds. The van der Waals surface area contributed by atoms with Crippen LogP contribution in [0, 0.1) is 5.92 Å². The first kappa shape index (κ1) is 19.8. The number of hydrogen-bond acceptors (Lipinski definition) is 4. The van der Waals surface area contributed by atoms with Crippen molar-refractivity contribution in [2.24, 2.45) is 5.92 Å². The second-order valence-electron chi connectivity index (χ2n) is 8.12. The number of sulfone groups is 1. The molecule has 0 radical (unpaired) electrons. The highest BCUT2D eigenvalue weighted by Crippen LogP contribution is 2.23. The highest BCUT2D eigenvalue weighted by molar-refractivity contribution is 7.91.